The number of allylic oxidation sites excluding steroid dienone is 1. The van der Waals surface area contributed by atoms with Crippen LogP contribution in [0.25, 0.3) is 22.9 Å². The summed E-state index contributed by atoms with van der Waals surface area (Å²) in [6.45, 7) is 21.4. The van der Waals surface area contributed by atoms with E-state index in [1.165, 1.54) is 17.6 Å². The van der Waals surface area contributed by atoms with Gasteiger partial charge in [0.25, 0.3) is 0 Å². The van der Waals surface area contributed by atoms with Crippen LogP contribution in [0.4, 0.5) is 9.18 Å². The van der Waals surface area contributed by atoms with Crippen LogP contribution in [-0.4, -0.2) is 59.9 Å². The lowest BCUT2D eigenvalue weighted by Crippen LogP contribution is -2.51. The SMILES string of the molecule is CCc1cc(-c2cc(F)c3c(c2)OC(c2ccc(C(C)C)s2)C2CC3=Cc3cc(B4OC(C)(C)C(C)(C)O4)ccc3C2C)[nH]c1C1CCCN1C(=O)C(NC(=O)OC)C(C)C. The summed E-state index contributed by atoms with van der Waals surface area (Å²) in [6.07, 6.45) is 4.19. The van der Waals surface area contributed by atoms with Crippen molar-refractivity contribution in [3.8, 4) is 17.0 Å². The van der Waals surface area contributed by atoms with Gasteiger partial charge in [0.15, 0.2) is 0 Å². The first-order valence-corrected chi connectivity index (χ1v) is 22.9. The molecule has 1 aliphatic carbocycles. The van der Waals surface area contributed by atoms with Gasteiger partial charge in [0.2, 0.25) is 5.91 Å². The topological polar surface area (TPSA) is 102 Å². The fraction of sp³-hybridized carbons (Fsp3) is 0.510. The van der Waals surface area contributed by atoms with Crippen molar-refractivity contribution in [2.24, 2.45) is 11.8 Å². The van der Waals surface area contributed by atoms with Crippen molar-refractivity contribution in [2.45, 2.75) is 136 Å². The number of nitrogens with zero attached hydrogens (tertiary/aromatic N) is 1. The first-order valence-electron chi connectivity index (χ1n) is 22.1. The minimum absolute atomic E-state index is 0.0297. The molecule has 3 aliphatic heterocycles. The van der Waals surface area contributed by atoms with E-state index >= 15 is 4.39 Å². The number of carbonyl (C=O) groups excluding carboxylic acids is 2. The Morgan fingerprint density at radius 1 is 1.05 bits per heavy atom. The second-order valence-corrected chi connectivity index (χ2v) is 20.2. The molecule has 61 heavy (non-hydrogen) atoms. The van der Waals surface area contributed by atoms with Crippen LogP contribution < -0.4 is 15.5 Å². The molecular formula is C49H61BFN3O6S. The van der Waals surface area contributed by atoms with Crippen molar-refractivity contribution in [2.75, 3.05) is 13.7 Å². The summed E-state index contributed by atoms with van der Waals surface area (Å²) in [7, 11) is 0.785. The number of fused-ring (bicyclic) bond motifs is 5. The quantitative estimate of drug-likeness (QED) is 0.163. The third kappa shape index (κ3) is 7.86. The van der Waals surface area contributed by atoms with E-state index in [1.807, 2.05) is 24.8 Å². The number of hydrogen-bond donors (Lipinski definition) is 2. The fourth-order valence-electron chi connectivity index (χ4n) is 9.64. The minimum atomic E-state index is -0.723. The van der Waals surface area contributed by atoms with Gasteiger partial charge in [0.1, 0.15) is 23.7 Å². The van der Waals surface area contributed by atoms with Crippen molar-refractivity contribution in [3.63, 3.8) is 0 Å². The van der Waals surface area contributed by atoms with E-state index in [2.05, 4.69) is 108 Å². The van der Waals surface area contributed by atoms with Crippen molar-refractivity contribution < 1.29 is 32.8 Å². The first kappa shape index (κ1) is 43.3. The van der Waals surface area contributed by atoms with Crippen LogP contribution in [0.1, 0.15) is 150 Å². The molecule has 0 spiro atoms. The predicted octanol–water partition coefficient (Wildman–Crippen LogP) is 10.7. The lowest BCUT2D eigenvalue weighted by molar-refractivity contribution is -0.135. The molecule has 4 aromatic rings. The second-order valence-electron chi connectivity index (χ2n) is 19.1. The number of nitrogens with one attached hydrogen (secondary N) is 2. The molecule has 12 heteroatoms. The molecule has 0 saturated carbocycles. The van der Waals surface area contributed by atoms with Gasteiger partial charge in [-0.15, -0.1) is 11.3 Å². The number of methoxy groups -OCH3 is 1. The van der Waals surface area contributed by atoms with Gasteiger partial charge in [-0.1, -0.05) is 65.8 Å². The van der Waals surface area contributed by atoms with Crippen molar-refractivity contribution >= 4 is 47.6 Å². The van der Waals surface area contributed by atoms with Crippen LogP contribution in [0, 0.1) is 17.7 Å². The van der Waals surface area contributed by atoms with Crippen LogP contribution in [0.2, 0.25) is 0 Å². The molecule has 2 bridgehead atoms. The van der Waals surface area contributed by atoms with Gasteiger partial charge in [0, 0.05) is 39.2 Å². The normalized spacial score (nSPS) is 23.2. The zero-order valence-corrected chi connectivity index (χ0v) is 38.3. The van der Waals surface area contributed by atoms with E-state index in [0.29, 0.717) is 35.8 Å². The Kier molecular flexibility index (Phi) is 11.6. The third-order valence-electron chi connectivity index (χ3n) is 14.0. The van der Waals surface area contributed by atoms with Gasteiger partial charge < -0.3 is 34.0 Å². The number of H-pyrrole nitrogens is 1. The maximum Gasteiger partial charge on any atom is 0.494 e. The summed E-state index contributed by atoms with van der Waals surface area (Å²) in [5.74, 6) is 0.400. The summed E-state index contributed by atoms with van der Waals surface area (Å²) >= 11 is 1.78. The Morgan fingerprint density at radius 3 is 2.44 bits per heavy atom. The molecule has 2 aromatic heterocycles. The molecule has 8 rings (SSSR count). The van der Waals surface area contributed by atoms with Gasteiger partial charge >= 0.3 is 13.2 Å². The molecule has 5 unspecified atom stereocenters. The van der Waals surface area contributed by atoms with Gasteiger partial charge in [0.05, 0.1) is 29.9 Å². The number of aromatic nitrogens is 1. The number of halogens is 1. The molecule has 5 heterocycles. The number of rotatable bonds is 9. The zero-order valence-electron chi connectivity index (χ0n) is 37.5. The summed E-state index contributed by atoms with van der Waals surface area (Å²) in [5, 5.41) is 2.75. The number of ether oxygens (including phenoxy) is 2. The highest BCUT2D eigenvalue weighted by molar-refractivity contribution is 7.12. The Balaban J connectivity index is 1.21. The molecule has 2 saturated heterocycles. The third-order valence-corrected chi connectivity index (χ3v) is 15.4. The van der Waals surface area contributed by atoms with Crippen molar-refractivity contribution in [3.05, 3.63) is 92.1 Å². The Bertz CT molecular complexity index is 2350. The highest BCUT2D eigenvalue weighted by Crippen LogP contribution is 2.53. The van der Waals surface area contributed by atoms with E-state index in [1.54, 1.807) is 17.4 Å². The zero-order chi connectivity index (χ0) is 43.7. The molecule has 2 aromatic carbocycles. The lowest BCUT2D eigenvalue weighted by Gasteiger charge is -2.32. The summed E-state index contributed by atoms with van der Waals surface area (Å²) in [5.41, 5.74) is 7.08. The molecule has 2 N–H and O–H groups in total. The molecule has 5 atom stereocenters. The second kappa shape index (κ2) is 16.4. The molecule has 0 radical (unpaired) electrons. The summed E-state index contributed by atoms with van der Waals surface area (Å²) in [6, 6.07) is 15.7. The Hall–Kier alpha value is -4.39. The van der Waals surface area contributed by atoms with Crippen molar-refractivity contribution in [1.82, 2.24) is 15.2 Å². The number of likely N-dealkylation sites (tertiary alicyclic amines) is 1. The van der Waals surface area contributed by atoms with Gasteiger partial charge in [-0.25, -0.2) is 9.18 Å². The predicted molar refractivity (Wildman–Crippen MR) is 242 cm³/mol. The van der Waals surface area contributed by atoms with Crippen LogP contribution in [0.15, 0.2) is 48.5 Å². The standard InChI is InChI=1S/C49H61BFN3O6S/c1-12-29-24-37(52-44(29)38-14-13-19-54(38)46(55)43(27(4)5)53-47(56)57-11)31-23-36(51)42-32-20-30-21-33(50-59-48(7,8)49(9,10)60-50)15-16-34(30)28(6)35(22-32)45(58-39(42)25-31)41-18-17-40(61-41)26(2)3/h15-18,20-21,23-28,35,38,43,45,52H,12-14,19,22H2,1-11H3,(H,53,56). The number of alkyl carbamates (subject to hydrolysis) is 1. The number of thiophene rings is 1. The fourth-order valence-corrected chi connectivity index (χ4v) is 10.8. The first-order chi connectivity index (χ1) is 28.9. The van der Waals surface area contributed by atoms with Gasteiger partial charge in [-0.3, -0.25) is 4.79 Å². The van der Waals surface area contributed by atoms with Crippen LogP contribution in [0.5, 0.6) is 5.75 Å². The maximum atomic E-state index is 17.2. The summed E-state index contributed by atoms with van der Waals surface area (Å²) in [4.78, 5) is 34.2. The maximum absolute atomic E-state index is 17.2. The number of benzene rings is 2. The molecule has 2 amide bonds. The molecule has 2 fully saturated rings. The average Bonchev–Trinajstić information content (AvgIpc) is 3.99. The van der Waals surface area contributed by atoms with Crippen LogP contribution >= 0.6 is 11.3 Å². The van der Waals surface area contributed by atoms with E-state index in [4.69, 9.17) is 18.8 Å². The van der Waals surface area contributed by atoms with E-state index < -0.39 is 30.5 Å². The van der Waals surface area contributed by atoms with E-state index in [9.17, 15) is 9.59 Å². The average molecular weight is 850 g/mol. The van der Waals surface area contributed by atoms with Crippen molar-refractivity contribution in [1.29, 1.82) is 0 Å². The number of carbonyl (C=O) groups is 2. The number of amides is 2. The van der Waals surface area contributed by atoms with E-state index in [-0.39, 0.29) is 41.6 Å². The molecule has 324 valence electrons. The molecule has 4 aliphatic rings. The summed E-state index contributed by atoms with van der Waals surface area (Å²) < 4.78 is 42.2. The monoisotopic (exact) mass is 849 g/mol. The lowest BCUT2D eigenvalue weighted by atomic mass is 9.75. The minimum Gasteiger partial charge on any atom is -0.484 e. The van der Waals surface area contributed by atoms with Gasteiger partial charge in [-0.2, -0.15) is 0 Å². The largest absolute Gasteiger partial charge is 0.494 e. The Labute approximate surface area is 364 Å². The van der Waals surface area contributed by atoms with Gasteiger partial charge in [-0.05, 0) is 129 Å². The van der Waals surface area contributed by atoms with Crippen LogP contribution in [-0.2, 0) is 25.3 Å². The Morgan fingerprint density at radius 2 is 1.79 bits per heavy atom. The highest BCUT2D eigenvalue weighted by atomic mass is 32.1. The number of hydrogen-bond acceptors (Lipinski definition) is 7. The van der Waals surface area contributed by atoms with Crippen LogP contribution in [0.3, 0.4) is 0 Å². The smallest absolute Gasteiger partial charge is 0.484 e. The van der Waals surface area contributed by atoms with E-state index in [0.717, 1.165) is 57.7 Å². The highest BCUT2D eigenvalue weighted by Gasteiger charge is 2.52. The molecule has 9 nitrogen and oxygen atoms in total. The number of aryl methyl sites for hydroxylation is 1. The molecular weight excluding hydrogens is 788 g/mol. The number of aromatic amines is 1.